The quantitative estimate of drug-likeness (QED) is 0.564. The molecule has 3 aromatic rings. The van der Waals surface area contributed by atoms with Crippen LogP contribution in [-0.2, 0) is 27.4 Å². The Hall–Kier alpha value is -2.85. The monoisotopic (exact) mass is 389 g/mol. The fraction of sp³-hybridized carbons (Fsp3) is 0.353. The second kappa shape index (κ2) is 8.69. The Morgan fingerprint density at radius 2 is 2.19 bits per heavy atom. The lowest BCUT2D eigenvalue weighted by molar-refractivity contribution is -0.118. The number of amides is 1. The van der Waals surface area contributed by atoms with Gasteiger partial charge in [-0.2, -0.15) is 10.1 Å². The first-order valence-corrected chi connectivity index (χ1v) is 9.13. The zero-order valence-electron chi connectivity index (χ0n) is 15.0. The highest BCUT2D eigenvalue weighted by molar-refractivity contribution is 7.16. The maximum Gasteiger partial charge on any atom is 0.338 e. The lowest BCUT2D eigenvalue weighted by Crippen LogP contribution is -2.20. The lowest BCUT2D eigenvalue weighted by atomic mass is 10.2. The number of ether oxygens (including phenoxy) is 2. The van der Waals surface area contributed by atoms with Crippen molar-refractivity contribution in [2.24, 2.45) is 4.99 Å². The highest BCUT2D eigenvalue weighted by atomic mass is 32.1. The normalized spacial score (nSPS) is 11.9. The van der Waals surface area contributed by atoms with E-state index in [1.807, 2.05) is 10.6 Å². The Morgan fingerprint density at radius 3 is 2.89 bits per heavy atom. The molecule has 1 aromatic carbocycles. The smallest absolute Gasteiger partial charge is 0.338 e. The summed E-state index contributed by atoms with van der Waals surface area (Å²) in [7, 11) is 1.61. The number of carbonyl (C=O) groups is 2. The topological polar surface area (TPSA) is 101 Å². The van der Waals surface area contributed by atoms with Crippen LogP contribution in [-0.4, -0.2) is 51.5 Å². The molecule has 0 unspecified atom stereocenters. The van der Waals surface area contributed by atoms with Crippen molar-refractivity contribution >= 4 is 33.4 Å². The largest absolute Gasteiger partial charge is 0.462 e. The van der Waals surface area contributed by atoms with Crippen LogP contribution >= 0.6 is 11.3 Å². The van der Waals surface area contributed by atoms with Crippen molar-refractivity contribution in [3.8, 4) is 0 Å². The first-order valence-electron chi connectivity index (χ1n) is 8.31. The van der Waals surface area contributed by atoms with Gasteiger partial charge in [-0.15, -0.1) is 0 Å². The molecule has 2 heterocycles. The molecule has 0 saturated heterocycles. The third-order valence-electron chi connectivity index (χ3n) is 3.70. The summed E-state index contributed by atoms with van der Waals surface area (Å²) in [5, 5.41) is 3.91. The highest BCUT2D eigenvalue weighted by Crippen LogP contribution is 2.20. The third kappa shape index (κ3) is 4.47. The molecule has 0 radical (unpaired) electrons. The second-order valence-electron chi connectivity index (χ2n) is 5.53. The summed E-state index contributed by atoms with van der Waals surface area (Å²) in [6.07, 6.45) is 2.82. The number of thiazole rings is 1. The van der Waals surface area contributed by atoms with Gasteiger partial charge in [-0.3, -0.25) is 4.79 Å². The van der Waals surface area contributed by atoms with E-state index in [-0.39, 0.29) is 18.4 Å². The van der Waals surface area contributed by atoms with Crippen LogP contribution in [0.25, 0.3) is 10.2 Å². The number of nitrogens with zero attached hydrogens (tertiary/aromatic N) is 5. The lowest BCUT2D eigenvalue weighted by Gasteiger charge is -2.05. The van der Waals surface area contributed by atoms with Crippen LogP contribution in [0.4, 0.5) is 0 Å². The fourth-order valence-corrected chi connectivity index (χ4v) is 3.61. The molecule has 142 valence electrons. The second-order valence-corrected chi connectivity index (χ2v) is 6.54. The number of carbonyl (C=O) groups excluding carboxylic acids is 2. The third-order valence-corrected chi connectivity index (χ3v) is 4.74. The van der Waals surface area contributed by atoms with Crippen molar-refractivity contribution in [1.82, 2.24) is 19.3 Å². The Balaban J connectivity index is 2.00. The minimum Gasteiger partial charge on any atom is -0.462 e. The van der Waals surface area contributed by atoms with Gasteiger partial charge in [-0.1, -0.05) is 11.3 Å². The zero-order valence-corrected chi connectivity index (χ0v) is 15.8. The van der Waals surface area contributed by atoms with Crippen molar-refractivity contribution in [1.29, 1.82) is 0 Å². The molecular weight excluding hydrogens is 370 g/mol. The summed E-state index contributed by atoms with van der Waals surface area (Å²) >= 11 is 1.33. The number of esters is 1. The fourth-order valence-electron chi connectivity index (χ4n) is 2.49. The van der Waals surface area contributed by atoms with E-state index in [4.69, 9.17) is 9.47 Å². The van der Waals surface area contributed by atoms with Crippen molar-refractivity contribution in [3.05, 3.63) is 41.2 Å². The first kappa shape index (κ1) is 18.9. The van der Waals surface area contributed by atoms with E-state index >= 15 is 0 Å². The Labute approximate surface area is 158 Å². The van der Waals surface area contributed by atoms with E-state index in [0.29, 0.717) is 30.1 Å². The molecule has 10 heteroatoms. The van der Waals surface area contributed by atoms with E-state index < -0.39 is 0 Å². The van der Waals surface area contributed by atoms with Gasteiger partial charge >= 0.3 is 5.97 Å². The minimum atomic E-state index is -0.378. The molecule has 0 N–H and O–H groups in total. The van der Waals surface area contributed by atoms with Crippen LogP contribution in [0.2, 0.25) is 0 Å². The zero-order chi connectivity index (χ0) is 19.2. The van der Waals surface area contributed by atoms with Gasteiger partial charge in [0.2, 0.25) is 0 Å². The SMILES string of the molecule is CCOC(=O)c1ccc2c(c1)sc(=NC(=O)Cn1cncn1)n2CCOC. The molecule has 0 spiro atoms. The van der Waals surface area contributed by atoms with Crippen molar-refractivity contribution in [2.45, 2.75) is 20.0 Å². The van der Waals surface area contributed by atoms with Crippen LogP contribution in [0.15, 0.2) is 35.8 Å². The molecule has 0 aliphatic carbocycles. The number of aromatic nitrogens is 4. The number of methoxy groups -OCH3 is 1. The summed E-state index contributed by atoms with van der Waals surface area (Å²) in [5.41, 5.74) is 1.34. The molecule has 0 bridgehead atoms. The van der Waals surface area contributed by atoms with E-state index in [0.717, 1.165) is 10.2 Å². The summed E-state index contributed by atoms with van der Waals surface area (Å²) in [6, 6.07) is 5.29. The van der Waals surface area contributed by atoms with Crippen LogP contribution in [0.3, 0.4) is 0 Å². The number of fused-ring (bicyclic) bond motifs is 1. The van der Waals surface area contributed by atoms with Crippen LogP contribution in [0, 0.1) is 0 Å². The Morgan fingerprint density at radius 1 is 1.33 bits per heavy atom. The molecule has 0 aliphatic heterocycles. The van der Waals surface area contributed by atoms with Crippen molar-refractivity contribution in [3.63, 3.8) is 0 Å². The Bertz CT molecular complexity index is 1010. The van der Waals surface area contributed by atoms with Crippen LogP contribution in [0.1, 0.15) is 17.3 Å². The van der Waals surface area contributed by atoms with E-state index in [2.05, 4.69) is 15.1 Å². The van der Waals surface area contributed by atoms with Gasteiger partial charge in [0.25, 0.3) is 5.91 Å². The first-order chi connectivity index (χ1) is 13.1. The number of benzene rings is 1. The molecule has 3 rings (SSSR count). The average molecular weight is 389 g/mol. The van der Waals surface area contributed by atoms with Crippen molar-refractivity contribution in [2.75, 3.05) is 20.3 Å². The number of rotatable bonds is 7. The number of hydrogen-bond donors (Lipinski definition) is 0. The van der Waals surface area contributed by atoms with Gasteiger partial charge in [0, 0.05) is 13.7 Å². The Kier molecular flexibility index (Phi) is 6.09. The van der Waals surface area contributed by atoms with E-state index in [1.54, 1.807) is 26.2 Å². The van der Waals surface area contributed by atoms with Crippen LogP contribution in [0.5, 0.6) is 0 Å². The maximum atomic E-state index is 12.3. The molecule has 2 aromatic heterocycles. The predicted octanol–water partition coefficient (Wildman–Crippen LogP) is 1.24. The molecule has 1 amide bonds. The molecule has 0 fully saturated rings. The molecular formula is C17H19N5O4S. The van der Waals surface area contributed by atoms with Gasteiger partial charge in [0.1, 0.15) is 19.2 Å². The maximum absolute atomic E-state index is 12.3. The standard InChI is InChI=1S/C17H19N5O4S/c1-3-26-16(24)12-4-5-13-14(8-12)27-17(22(13)6-7-25-2)20-15(23)9-21-11-18-10-19-21/h4-5,8,10-11H,3,6-7,9H2,1-2H3. The summed E-state index contributed by atoms with van der Waals surface area (Å²) in [6.45, 7) is 3.08. The van der Waals surface area contributed by atoms with Crippen LogP contribution < -0.4 is 4.80 Å². The van der Waals surface area contributed by atoms with E-state index in [9.17, 15) is 9.59 Å². The predicted molar refractivity (Wildman–Crippen MR) is 98.2 cm³/mol. The molecule has 0 saturated carbocycles. The molecule has 9 nitrogen and oxygen atoms in total. The molecule has 0 aliphatic rings. The van der Waals surface area contributed by atoms with Gasteiger partial charge in [-0.05, 0) is 25.1 Å². The summed E-state index contributed by atoms with van der Waals surface area (Å²) in [5.74, 6) is -0.721. The summed E-state index contributed by atoms with van der Waals surface area (Å²) in [4.78, 5) is 32.8. The molecule has 27 heavy (non-hydrogen) atoms. The summed E-state index contributed by atoms with van der Waals surface area (Å²) < 4.78 is 14.4. The van der Waals surface area contributed by atoms with Gasteiger partial charge < -0.3 is 14.0 Å². The van der Waals surface area contributed by atoms with Crippen molar-refractivity contribution < 1.29 is 19.1 Å². The minimum absolute atomic E-state index is 0.00655. The van der Waals surface area contributed by atoms with Gasteiger partial charge in [0.05, 0.1) is 29.0 Å². The van der Waals surface area contributed by atoms with Gasteiger partial charge in [-0.25, -0.2) is 14.5 Å². The molecule has 0 atom stereocenters. The average Bonchev–Trinajstić information content (AvgIpc) is 3.27. The highest BCUT2D eigenvalue weighted by Gasteiger charge is 2.12. The number of hydrogen-bond acceptors (Lipinski definition) is 7. The van der Waals surface area contributed by atoms with Gasteiger partial charge in [0.15, 0.2) is 4.80 Å². The van der Waals surface area contributed by atoms with E-state index in [1.165, 1.54) is 28.7 Å².